The molecule has 0 atom stereocenters. The fourth-order valence-electron chi connectivity index (χ4n) is 6.26. The second-order valence-corrected chi connectivity index (χ2v) is 12.4. The van der Waals surface area contributed by atoms with E-state index in [1.165, 1.54) is 10.1 Å². The minimum absolute atomic E-state index is 0.634. The van der Waals surface area contributed by atoms with Crippen molar-refractivity contribution in [3.05, 3.63) is 152 Å². The number of fused-ring (bicyclic) bond motifs is 4. The van der Waals surface area contributed by atoms with Crippen LogP contribution in [-0.4, -0.2) is 25.1 Å². The summed E-state index contributed by atoms with van der Waals surface area (Å²) in [7, 11) is 0. The van der Waals surface area contributed by atoms with Crippen LogP contribution in [-0.2, 0) is 0 Å². The molecule has 9 aromatic rings. The standard InChI is InChI=1S/C41H25N5S/c1-3-13-27(14-4-1)39-42-40(28-15-5-2-6-16-28)44-41(43-39)32-21-11-23-36-38(32)37-31(20-10-22-35(37)47-36)34-25-24-33(45-46-34)30-19-9-17-26-12-7-8-18-29(26)30/h1-25H. The maximum absolute atomic E-state index is 5.06. The summed E-state index contributed by atoms with van der Waals surface area (Å²) < 4.78 is 2.33. The van der Waals surface area contributed by atoms with Gasteiger partial charge in [-0.05, 0) is 35.0 Å². The molecule has 0 N–H and O–H groups in total. The summed E-state index contributed by atoms with van der Waals surface area (Å²) in [6.45, 7) is 0. The van der Waals surface area contributed by atoms with Crippen molar-refractivity contribution in [2.45, 2.75) is 0 Å². The average molecular weight is 620 g/mol. The highest BCUT2D eigenvalue weighted by Crippen LogP contribution is 2.43. The molecule has 0 aliphatic rings. The molecule has 9 rings (SSSR count). The molecule has 0 spiro atoms. The summed E-state index contributed by atoms with van der Waals surface area (Å²) in [5.74, 6) is 1.91. The molecule has 0 saturated heterocycles. The van der Waals surface area contributed by atoms with Crippen molar-refractivity contribution in [3.8, 4) is 56.7 Å². The zero-order valence-electron chi connectivity index (χ0n) is 25.1. The Balaban J connectivity index is 1.23. The molecule has 0 unspecified atom stereocenters. The molecule has 0 fully saturated rings. The van der Waals surface area contributed by atoms with Gasteiger partial charge >= 0.3 is 0 Å². The average Bonchev–Trinajstić information content (AvgIpc) is 3.55. The Labute approximate surface area is 274 Å². The van der Waals surface area contributed by atoms with Gasteiger partial charge in [-0.2, -0.15) is 0 Å². The number of rotatable bonds is 5. The van der Waals surface area contributed by atoms with Gasteiger partial charge in [0.25, 0.3) is 0 Å². The molecule has 6 aromatic carbocycles. The van der Waals surface area contributed by atoms with Crippen LogP contribution in [0.1, 0.15) is 0 Å². The minimum Gasteiger partial charge on any atom is -0.208 e. The molecule has 0 radical (unpaired) electrons. The SMILES string of the molecule is c1ccc(-c2nc(-c3ccccc3)nc(-c3cccc4sc5cccc(-c6ccc(-c7cccc8ccccc78)nn6)c5c34)n2)cc1. The molecule has 3 aromatic heterocycles. The van der Waals surface area contributed by atoms with Crippen molar-refractivity contribution in [1.29, 1.82) is 0 Å². The van der Waals surface area contributed by atoms with Crippen LogP contribution in [0.15, 0.2) is 152 Å². The van der Waals surface area contributed by atoms with Crippen molar-refractivity contribution < 1.29 is 0 Å². The van der Waals surface area contributed by atoms with E-state index in [0.717, 1.165) is 60.1 Å². The molecule has 0 bridgehead atoms. The minimum atomic E-state index is 0.634. The van der Waals surface area contributed by atoms with Crippen LogP contribution in [0.5, 0.6) is 0 Å². The predicted octanol–water partition coefficient (Wildman–Crippen LogP) is 10.5. The van der Waals surface area contributed by atoms with Gasteiger partial charge in [0.1, 0.15) is 0 Å². The molecule has 0 saturated carbocycles. The summed E-state index contributed by atoms with van der Waals surface area (Å²) in [6, 6.07) is 51.7. The topological polar surface area (TPSA) is 64.5 Å². The largest absolute Gasteiger partial charge is 0.208 e. The molecule has 3 heterocycles. The van der Waals surface area contributed by atoms with E-state index in [2.05, 4.69) is 91.0 Å². The highest BCUT2D eigenvalue weighted by atomic mass is 32.1. The van der Waals surface area contributed by atoms with Crippen molar-refractivity contribution >= 4 is 42.3 Å². The maximum Gasteiger partial charge on any atom is 0.164 e. The lowest BCUT2D eigenvalue weighted by molar-refractivity contribution is 1.05. The van der Waals surface area contributed by atoms with Crippen LogP contribution >= 0.6 is 11.3 Å². The predicted molar refractivity (Wildman–Crippen MR) is 193 cm³/mol. The van der Waals surface area contributed by atoms with Gasteiger partial charge in [0.2, 0.25) is 0 Å². The van der Waals surface area contributed by atoms with Crippen molar-refractivity contribution in [1.82, 2.24) is 25.1 Å². The van der Waals surface area contributed by atoms with Gasteiger partial charge in [0, 0.05) is 48.0 Å². The number of nitrogens with zero attached hydrogens (tertiary/aromatic N) is 5. The Bertz CT molecular complexity index is 2500. The van der Waals surface area contributed by atoms with Crippen LogP contribution in [0, 0.1) is 0 Å². The van der Waals surface area contributed by atoms with E-state index < -0.39 is 0 Å². The van der Waals surface area contributed by atoms with Gasteiger partial charge in [0.15, 0.2) is 17.5 Å². The molecule has 0 aliphatic carbocycles. The van der Waals surface area contributed by atoms with E-state index in [1.807, 2.05) is 60.7 Å². The number of aromatic nitrogens is 5. The van der Waals surface area contributed by atoms with Gasteiger partial charge in [0.05, 0.1) is 11.4 Å². The van der Waals surface area contributed by atoms with Crippen LogP contribution < -0.4 is 0 Å². The highest BCUT2D eigenvalue weighted by molar-refractivity contribution is 7.26. The van der Waals surface area contributed by atoms with Crippen LogP contribution in [0.3, 0.4) is 0 Å². The number of benzene rings is 6. The first-order chi connectivity index (χ1) is 23.3. The monoisotopic (exact) mass is 619 g/mol. The molecule has 5 nitrogen and oxygen atoms in total. The van der Waals surface area contributed by atoms with E-state index in [1.54, 1.807) is 11.3 Å². The first-order valence-electron chi connectivity index (χ1n) is 15.4. The number of thiophene rings is 1. The van der Waals surface area contributed by atoms with Crippen LogP contribution in [0.4, 0.5) is 0 Å². The van der Waals surface area contributed by atoms with Crippen molar-refractivity contribution in [2.24, 2.45) is 0 Å². The Kier molecular flexibility index (Phi) is 6.58. The highest BCUT2D eigenvalue weighted by Gasteiger charge is 2.19. The third-order valence-corrected chi connectivity index (χ3v) is 9.59. The second kappa shape index (κ2) is 11.4. The molecule has 0 amide bonds. The normalized spacial score (nSPS) is 11.4. The first kappa shape index (κ1) is 27.2. The lowest BCUT2D eigenvalue weighted by atomic mass is 9.99. The Morgan fingerprint density at radius 2 is 0.851 bits per heavy atom. The van der Waals surface area contributed by atoms with Crippen molar-refractivity contribution in [2.75, 3.05) is 0 Å². The molecule has 0 aliphatic heterocycles. The zero-order valence-corrected chi connectivity index (χ0v) is 25.9. The zero-order chi connectivity index (χ0) is 31.2. The summed E-state index contributed by atoms with van der Waals surface area (Å²) >= 11 is 1.76. The van der Waals surface area contributed by atoms with Crippen LogP contribution in [0.2, 0.25) is 0 Å². The summed E-state index contributed by atoms with van der Waals surface area (Å²) in [5.41, 5.74) is 6.61. The maximum atomic E-state index is 5.06. The fourth-order valence-corrected chi connectivity index (χ4v) is 7.42. The van der Waals surface area contributed by atoms with Gasteiger partial charge in [-0.15, -0.1) is 21.5 Å². The number of hydrogen-bond donors (Lipinski definition) is 0. The van der Waals surface area contributed by atoms with E-state index in [9.17, 15) is 0 Å². The van der Waals surface area contributed by atoms with Gasteiger partial charge in [-0.3, -0.25) is 0 Å². The second-order valence-electron chi connectivity index (χ2n) is 11.3. The van der Waals surface area contributed by atoms with E-state index in [4.69, 9.17) is 25.1 Å². The third-order valence-electron chi connectivity index (χ3n) is 8.47. The van der Waals surface area contributed by atoms with Gasteiger partial charge in [-0.25, -0.2) is 15.0 Å². The summed E-state index contributed by atoms with van der Waals surface area (Å²) in [4.78, 5) is 15.0. The van der Waals surface area contributed by atoms with E-state index in [0.29, 0.717) is 17.5 Å². The van der Waals surface area contributed by atoms with Crippen molar-refractivity contribution in [3.63, 3.8) is 0 Å². The quantitative estimate of drug-likeness (QED) is 0.192. The van der Waals surface area contributed by atoms with Gasteiger partial charge < -0.3 is 0 Å². The Hall–Kier alpha value is -6.11. The first-order valence-corrected chi connectivity index (χ1v) is 16.3. The van der Waals surface area contributed by atoms with Crippen LogP contribution in [0.25, 0.3) is 87.6 Å². The third kappa shape index (κ3) is 4.83. The van der Waals surface area contributed by atoms with E-state index >= 15 is 0 Å². The number of hydrogen-bond acceptors (Lipinski definition) is 6. The molecule has 47 heavy (non-hydrogen) atoms. The smallest absolute Gasteiger partial charge is 0.164 e. The van der Waals surface area contributed by atoms with E-state index in [-0.39, 0.29) is 0 Å². The molecular formula is C41H25N5S. The molecule has 6 heteroatoms. The lowest BCUT2D eigenvalue weighted by Crippen LogP contribution is -2.00. The molecule has 220 valence electrons. The fraction of sp³-hybridized carbons (Fsp3) is 0. The Morgan fingerprint density at radius 1 is 0.362 bits per heavy atom. The Morgan fingerprint density at radius 3 is 1.51 bits per heavy atom. The summed E-state index contributed by atoms with van der Waals surface area (Å²) in [6.07, 6.45) is 0. The lowest BCUT2D eigenvalue weighted by Gasteiger charge is -2.10. The van der Waals surface area contributed by atoms with Gasteiger partial charge in [-0.1, -0.05) is 127 Å². The molecular weight excluding hydrogens is 595 g/mol. The summed E-state index contributed by atoms with van der Waals surface area (Å²) in [5, 5.41) is 14.1.